The SMILES string of the molecule is Cc1ccc(-n2c3c(c4c2C=CC(C)(C)C=C4)C=CC(C)(C)C=C3)cc1. The molecule has 0 radical (unpaired) electrons. The van der Waals surface area contributed by atoms with Gasteiger partial charge in [0.15, 0.2) is 0 Å². The maximum atomic E-state index is 2.40. The van der Waals surface area contributed by atoms with Crippen LogP contribution in [0.1, 0.15) is 55.8 Å². The molecule has 0 bridgehead atoms. The van der Waals surface area contributed by atoms with Crippen molar-refractivity contribution >= 4 is 24.3 Å². The van der Waals surface area contributed by atoms with Gasteiger partial charge in [0.1, 0.15) is 0 Å². The summed E-state index contributed by atoms with van der Waals surface area (Å²) in [5, 5.41) is 0. The van der Waals surface area contributed by atoms with Crippen molar-refractivity contribution in [1.29, 1.82) is 0 Å². The summed E-state index contributed by atoms with van der Waals surface area (Å²) >= 11 is 0. The van der Waals surface area contributed by atoms with Gasteiger partial charge in [0, 0.05) is 27.6 Å². The summed E-state index contributed by atoms with van der Waals surface area (Å²) in [5.74, 6) is 0. The number of benzene rings is 1. The van der Waals surface area contributed by atoms with Crippen LogP contribution in [0.5, 0.6) is 0 Å². The van der Waals surface area contributed by atoms with E-state index in [1.54, 1.807) is 0 Å². The molecule has 0 spiro atoms. The number of hydrogen-bond acceptors (Lipinski definition) is 0. The van der Waals surface area contributed by atoms with E-state index in [1.807, 2.05) is 0 Å². The molecule has 1 nitrogen and oxygen atoms in total. The van der Waals surface area contributed by atoms with E-state index in [9.17, 15) is 0 Å². The number of fused-ring (bicyclic) bond motifs is 3. The maximum Gasteiger partial charge on any atom is 0.0538 e. The number of aromatic nitrogens is 1. The summed E-state index contributed by atoms with van der Waals surface area (Å²) < 4.78 is 2.40. The highest BCUT2D eigenvalue weighted by Crippen LogP contribution is 2.38. The number of rotatable bonds is 1. The van der Waals surface area contributed by atoms with Crippen LogP contribution in [0.4, 0.5) is 0 Å². The fourth-order valence-corrected chi connectivity index (χ4v) is 3.59. The van der Waals surface area contributed by atoms with Crippen LogP contribution in [-0.4, -0.2) is 4.57 Å². The number of hydrogen-bond donors (Lipinski definition) is 0. The van der Waals surface area contributed by atoms with E-state index in [0.717, 1.165) is 0 Å². The van der Waals surface area contributed by atoms with Crippen LogP contribution in [0, 0.1) is 17.8 Å². The lowest BCUT2D eigenvalue weighted by Gasteiger charge is -2.14. The Labute approximate surface area is 157 Å². The lowest BCUT2D eigenvalue weighted by molar-refractivity contribution is 0.633. The van der Waals surface area contributed by atoms with Gasteiger partial charge in [-0.1, -0.05) is 81.8 Å². The Balaban J connectivity index is 2.03. The molecular weight excluding hydrogens is 314 g/mol. The second-order valence-electron chi connectivity index (χ2n) is 8.74. The van der Waals surface area contributed by atoms with Gasteiger partial charge < -0.3 is 4.57 Å². The Morgan fingerprint density at radius 3 is 1.50 bits per heavy atom. The Hall–Kier alpha value is -2.54. The van der Waals surface area contributed by atoms with Crippen molar-refractivity contribution in [1.82, 2.24) is 4.57 Å². The van der Waals surface area contributed by atoms with Crippen LogP contribution in [0.2, 0.25) is 0 Å². The number of allylic oxidation sites excluding steroid dienone is 4. The van der Waals surface area contributed by atoms with E-state index in [0.29, 0.717) is 0 Å². The Kier molecular flexibility index (Phi) is 3.73. The summed E-state index contributed by atoms with van der Waals surface area (Å²) in [7, 11) is 0. The number of aryl methyl sites for hydroxylation is 1. The third kappa shape index (κ3) is 2.92. The molecule has 1 heterocycles. The van der Waals surface area contributed by atoms with Gasteiger partial charge >= 0.3 is 0 Å². The first-order valence-electron chi connectivity index (χ1n) is 9.38. The van der Waals surface area contributed by atoms with Gasteiger partial charge in [0.05, 0.1) is 11.4 Å². The van der Waals surface area contributed by atoms with E-state index < -0.39 is 0 Å². The zero-order valence-electron chi connectivity index (χ0n) is 16.4. The van der Waals surface area contributed by atoms with Gasteiger partial charge in [-0.3, -0.25) is 0 Å². The zero-order valence-corrected chi connectivity index (χ0v) is 16.4. The topological polar surface area (TPSA) is 4.93 Å². The third-order valence-corrected chi connectivity index (χ3v) is 5.32. The minimum Gasteiger partial charge on any atom is -0.309 e. The maximum absolute atomic E-state index is 2.40. The molecule has 132 valence electrons. The van der Waals surface area contributed by atoms with Crippen molar-refractivity contribution < 1.29 is 0 Å². The predicted molar refractivity (Wildman–Crippen MR) is 114 cm³/mol. The Morgan fingerprint density at radius 2 is 1.04 bits per heavy atom. The predicted octanol–water partition coefficient (Wildman–Crippen LogP) is 6.92. The molecule has 4 rings (SSSR count). The number of nitrogens with zero attached hydrogens (tertiary/aromatic N) is 1. The average Bonchev–Trinajstić information content (AvgIpc) is 2.66. The van der Waals surface area contributed by atoms with Crippen LogP contribution >= 0.6 is 0 Å². The summed E-state index contributed by atoms with van der Waals surface area (Å²) in [4.78, 5) is 0. The molecule has 0 unspecified atom stereocenters. The molecular formula is C25H27N. The molecule has 0 saturated heterocycles. The van der Waals surface area contributed by atoms with E-state index in [2.05, 4.69) is 112 Å². The van der Waals surface area contributed by atoms with Crippen molar-refractivity contribution in [3.05, 3.63) is 76.6 Å². The highest BCUT2D eigenvalue weighted by molar-refractivity contribution is 5.83. The van der Waals surface area contributed by atoms with E-state index >= 15 is 0 Å². The quantitative estimate of drug-likeness (QED) is 0.530. The van der Waals surface area contributed by atoms with Gasteiger partial charge in [-0.15, -0.1) is 0 Å². The monoisotopic (exact) mass is 341 g/mol. The summed E-state index contributed by atoms with van der Waals surface area (Å²) in [5.41, 5.74) is 7.75. The molecule has 0 N–H and O–H groups in total. The minimum atomic E-state index is 0.0631. The van der Waals surface area contributed by atoms with Crippen molar-refractivity contribution in [2.45, 2.75) is 34.6 Å². The molecule has 2 aliphatic rings. The lowest BCUT2D eigenvalue weighted by Crippen LogP contribution is -2.03. The molecule has 1 heteroatoms. The van der Waals surface area contributed by atoms with E-state index in [4.69, 9.17) is 0 Å². The average molecular weight is 341 g/mol. The normalized spacial score (nSPS) is 19.0. The van der Waals surface area contributed by atoms with Crippen LogP contribution in [0.3, 0.4) is 0 Å². The molecule has 1 aromatic heterocycles. The first-order valence-corrected chi connectivity index (χ1v) is 9.38. The second kappa shape index (κ2) is 5.74. The van der Waals surface area contributed by atoms with Gasteiger partial charge in [0.2, 0.25) is 0 Å². The smallest absolute Gasteiger partial charge is 0.0538 e. The van der Waals surface area contributed by atoms with Gasteiger partial charge in [0.25, 0.3) is 0 Å². The van der Waals surface area contributed by atoms with Crippen LogP contribution < -0.4 is 0 Å². The van der Waals surface area contributed by atoms with Crippen molar-refractivity contribution in [2.75, 3.05) is 0 Å². The Morgan fingerprint density at radius 1 is 0.615 bits per heavy atom. The summed E-state index contributed by atoms with van der Waals surface area (Å²) in [6, 6.07) is 8.82. The summed E-state index contributed by atoms with van der Waals surface area (Å²) in [6.07, 6.45) is 18.4. The molecule has 0 fully saturated rings. The first-order chi connectivity index (χ1) is 12.3. The Bertz CT molecular complexity index is 913. The molecule has 0 atom stereocenters. The largest absolute Gasteiger partial charge is 0.309 e. The third-order valence-electron chi connectivity index (χ3n) is 5.32. The van der Waals surface area contributed by atoms with Crippen LogP contribution in [-0.2, 0) is 0 Å². The summed E-state index contributed by atoms with van der Waals surface area (Å²) in [6.45, 7) is 11.1. The van der Waals surface area contributed by atoms with Crippen molar-refractivity contribution in [2.24, 2.45) is 10.8 Å². The molecule has 0 saturated carbocycles. The van der Waals surface area contributed by atoms with Crippen molar-refractivity contribution in [3.8, 4) is 5.69 Å². The minimum absolute atomic E-state index is 0.0631. The van der Waals surface area contributed by atoms with Crippen LogP contribution in [0.15, 0.2) is 48.6 Å². The van der Waals surface area contributed by atoms with Gasteiger partial charge in [-0.2, -0.15) is 0 Å². The van der Waals surface area contributed by atoms with Crippen LogP contribution in [0.25, 0.3) is 30.0 Å². The van der Waals surface area contributed by atoms with Gasteiger partial charge in [-0.05, 0) is 31.2 Å². The highest BCUT2D eigenvalue weighted by Gasteiger charge is 2.24. The fraction of sp³-hybridized carbons (Fsp3) is 0.280. The van der Waals surface area contributed by atoms with E-state index in [-0.39, 0.29) is 10.8 Å². The molecule has 26 heavy (non-hydrogen) atoms. The molecule has 2 aliphatic carbocycles. The van der Waals surface area contributed by atoms with E-state index in [1.165, 1.54) is 33.8 Å². The zero-order chi connectivity index (χ0) is 18.5. The molecule has 2 aromatic rings. The highest BCUT2D eigenvalue weighted by atomic mass is 15.0. The molecule has 0 amide bonds. The van der Waals surface area contributed by atoms with Crippen molar-refractivity contribution in [3.63, 3.8) is 0 Å². The lowest BCUT2D eigenvalue weighted by atomic mass is 9.92. The van der Waals surface area contributed by atoms with Gasteiger partial charge in [-0.25, -0.2) is 0 Å². The molecule has 1 aromatic carbocycles. The standard InChI is InChI=1S/C25H27N/c1-18-6-8-19(9-7-18)26-22-12-16-24(2,3)14-10-20(22)21-11-15-25(4,5)17-13-23(21)26/h6-17H,1-5H3. The molecule has 0 aliphatic heterocycles. The first kappa shape index (κ1) is 16.9. The second-order valence-corrected chi connectivity index (χ2v) is 8.74. The fourth-order valence-electron chi connectivity index (χ4n) is 3.59.